The molecule has 8 nitrogen and oxygen atoms in total. The zero-order valence-corrected chi connectivity index (χ0v) is 13.9. The van der Waals surface area contributed by atoms with Crippen LogP contribution < -0.4 is 0 Å². The van der Waals surface area contributed by atoms with Gasteiger partial charge in [0.1, 0.15) is 5.69 Å². The first kappa shape index (κ1) is 14.1. The zero-order chi connectivity index (χ0) is 16.3. The largest absolute Gasteiger partial charge is 0.336 e. The molecule has 0 radical (unpaired) electrons. The summed E-state index contributed by atoms with van der Waals surface area (Å²) in [5.41, 5.74) is 2.91. The first-order chi connectivity index (χ1) is 11.6. The van der Waals surface area contributed by atoms with Gasteiger partial charge >= 0.3 is 0 Å². The van der Waals surface area contributed by atoms with Crippen molar-refractivity contribution in [1.82, 2.24) is 34.9 Å². The summed E-state index contributed by atoms with van der Waals surface area (Å²) >= 11 is 0. The number of hydrogen-bond acceptors (Lipinski definition) is 5. The molecule has 3 aliphatic carbocycles. The average molecular weight is 327 g/mol. The molecule has 0 aromatic carbocycles. The van der Waals surface area contributed by atoms with Crippen LogP contribution in [0.1, 0.15) is 42.8 Å². The van der Waals surface area contributed by atoms with Crippen molar-refractivity contribution in [2.45, 2.75) is 52.2 Å². The van der Waals surface area contributed by atoms with E-state index >= 15 is 0 Å². The minimum absolute atomic E-state index is 0.0179. The second-order valence-corrected chi connectivity index (χ2v) is 7.58. The Kier molecular flexibility index (Phi) is 2.87. The van der Waals surface area contributed by atoms with E-state index in [0.29, 0.717) is 19.0 Å². The number of amides is 1. The summed E-state index contributed by atoms with van der Waals surface area (Å²) in [6.45, 7) is 4.77. The lowest BCUT2D eigenvalue weighted by Gasteiger charge is -2.61. The Bertz CT molecular complexity index is 790. The number of aromatic nitrogens is 6. The van der Waals surface area contributed by atoms with Crippen LogP contribution in [0.25, 0.3) is 0 Å². The minimum Gasteiger partial charge on any atom is -0.336 e. The molecular formula is C16H21N7O. The molecule has 6 rings (SSSR count). The second-order valence-electron chi connectivity index (χ2n) is 7.58. The molecule has 4 aliphatic rings. The van der Waals surface area contributed by atoms with Crippen molar-refractivity contribution in [2.75, 3.05) is 6.54 Å². The maximum atomic E-state index is 13.0. The summed E-state index contributed by atoms with van der Waals surface area (Å²) < 4.78 is 3.78. The maximum absolute atomic E-state index is 13.0. The fourth-order valence-corrected chi connectivity index (χ4v) is 4.37. The van der Waals surface area contributed by atoms with Crippen molar-refractivity contribution in [3.05, 3.63) is 23.3 Å². The Balaban J connectivity index is 1.41. The second kappa shape index (κ2) is 4.87. The van der Waals surface area contributed by atoms with E-state index in [9.17, 15) is 4.79 Å². The summed E-state index contributed by atoms with van der Waals surface area (Å²) in [4.78, 5) is 15.0. The molecule has 0 spiro atoms. The topological polar surface area (TPSA) is 81.7 Å². The monoisotopic (exact) mass is 327 g/mol. The van der Waals surface area contributed by atoms with Crippen molar-refractivity contribution < 1.29 is 4.79 Å². The van der Waals surface area contributed by atoms with Crippen molar-refractivity contribution in [1.29, 1.82) is 0 Å². The van der Waals surface area contributed by atoms with Crippen molar-refractivity contribution in [2.24, 2.45) is 11.3 Å². The summed E-state index contributed by atoms with van der Waals surface area (Å²) in [5.74, 6) is 1.17. The predicted octanol–water partition coefficient (Wildman–Crippen LogP) is 0.759. The first-order valence-corrected chi connectivity index (χ1v) is 8.70. The van der Waals surface area contributed by atoms with E-state index in [4.69, 9.17) is 0 Å². The molecular weight excluding hydrogens is 306 g/mol. The molecule has 2 aromatic heterocycles. The van der Waals surface area contributed by atoms with Crippen LogP contribution in [0, 0.1) is 18.3 Å². The van der Waals surface area contributed by atoms with Crippen molar-refractivity contribution in [3.8, 4) is 0 Å². The van der Waals surface area contributed by atoms with Gasteiger partial charge in [-0.05, 0) is 38.5 Å². The number of carbonyl (C=O) groups is 1. The Morgan fingerprint density at radius 3 is 2.79 bits per heavy atom. The van der Waals surface area contributed by atoms with Gasteiger partial charge in [-0.3, -0.25) is 4.79 Å². The fourth-order valence-electron chi connectivity index (χ4n) is 4.37. The Morgan fingerprint density at radius 1 is 1.29 bits per heavy atom. The van der Waals surface area contributed by atoms with Gasteiger partial charge in [-0.25, -0.2) is 9.36 Å². The van der Waals surface area contributed by atoms with Gasteiger partial charge in [-0.15, -0.1) is 10.2 Å². The number of nitrogens with zero attached hydrogens (tertiary/aromatic N) is 7. The van der Waals surface area contributed by atoms with Crippen molar-refractivity contribution in [3.63, 3.8) is 0 Å². The highest BCUT2D eigenvalue weighted by molar-refractivity contribution is 5.85. The van der Waals surface area contributed by atoms with E-state index in [1.54, 1.807) is 6.20 Å². The van der Waals surface area contributed by atoms with E-state index in [1.165, 1.54) is 0 Å². The lowest BCUT2D eigenvalue weighted by atomic mass is 9.44. The normalized spacial score (nSPS) is 27.9. The molecule has 2 aromatic rings. The van der Waals surface area contributed by atoms with Gasteiger partial charge in [0, 0.05) is 13.1 Å². The van der Waals surface area contributed by atoms with Crippen LogP contribution in [-0.4, -0.2) is 47.3 Å². The van der Waals surface area contributed by atoms with Crippen LogP contribution in [0.15, 0.2) is 6.20 Å². The van der Waals surface area contributed by atoms with E-state index in [0.717, 1.165) is 61.8 Å². The van der Waals surface area contributed by atoms with E-state index < -0.39 is 0 Å². The third-order valence-corrected chi connectivity index (χ3v) is 5.95. The minimum atomic E-state index is -0.0179. The van der Waals surface area contributed by atoms with Gasteiger partial charge < -0.3 is 4.90 Å². The molecule has 0 atom stereocenters. The number of fused-ring (bicyclic) bond motifs is 1. The van der Waals surface area contributed by atoms with Crippen LogP contribution in [0.4, 0.5) is 0 Å². The van der Waals surface area contributed by atoms with Crippen LogP contribution in [-0.2, 0) is 24.4 Å². The number of carbonyl (C=O) groups excluding carboxylic acids is 1. The molecule has 0 saturated heterocycles. The number of rotatable bonds is 3. The number of hydrogen-bond donors (Lipinski definition) is 0. The Morgan fingerprint density at radius 2 is 2.12 bits per heavy atom. The highest BCUT2D eigenvalue weighted by Crippen LogP contribution is 2.65. The molecule has 0 unspecified atom stereocenters. The SMILES string of the molecule is Cc1cnnn1Cc1nnn2c1CN(C(=O)C13CC(C1)C3)CCC2. The van der Waals surface area contributed by atoms with Gasteiger partial charge in [0.25, 0.3) is 0 Å². The predicted molar refractivity (Wildman–Crippen MR) is 83.7 cm³/mol. The highest BCUT2D eigenvalue weighted by atomic mass is 16.2. The van der Waals surface area contributed by atoms with Gasteiger partial charge in [0.2, 0.25) is 5.91 Å². The molecule has 3 heterocycles. The van der Waals surface area contributed by atoms with Crippen LogP contribution in [0.2, 0.25) is 0 Å². The molecule has 8 heteroatoms. The molecule has 3 fully saturated rings. The molecule has 24 heavy (non-hydrogen) atoms. The standard InChI is InChI=1S/C16H21N7O/c1-11-8-17-19-23(11)9-13-14-10-21(3-2-4-22(14)20-18-13)15(24)16-5-12(6-16)7-16/h8,12H,2-7,9-10H2,1H3. The van der Waals surface area contributed by atoms with E-state index in [-0.39, 0.29) is 5.41 Å². The molecule has 1 amide bonds. The lowest BCUT2D eigenvalue weighted by Crippen LogP contribution is -2.61. The molecule has 3 saturated carbocycles. The fraction of sp³-hybridized carbons (Fsp3) is 0.688. The van der Waals surface area contributed by atoms with E-state index in [2.05, 4.69) is 20.6 Å². The zero-order valence-electron chi connectivity index (χ0n) is 13.9. The summed E-state index contributed by atoms with van der Waals surface area (Å²) in [7, 11) is 0. The molecule has 1 aliphatic heterocycles. The highest BCUT2D eigenvalue weighted by Gasteiger charge is 2.62. The molecule has 2 bridgehead atoms. The number of aryl methyl sites for hydroxylation is 2. The van der Waals surface area contributed by atoms with Crippen LogP contribution in [0.5, 0.6) is 0 Å². The average Bonchev–Trinajstić information content (AvgIpc) is 2.96. The third-order valence-electron chi connectivity index (χ3n) is 5.95. The summed E-state index contributed by atoms with van der Waals surface area (Å²) in [6.07, 6.45) is 5.98. The smallest absolute Gasteiger partial charge is 0.229 e. The van der Waals surface area contributed by atoms with Gasteiger partial charge in [0.05, 0.1) is 36.1 Å². The first-order valence-electron chi connectivity index (χ1n) is 8.70. The maximum Gasteiger partial charge on any atom is 0.229 e. The third kappa shape index (κ3) is 1.94. The van der Waals surface area contributed by atoms with E-state index in [1.807, 2.05) is 21.2 Å². The molecule has 0 N–H and O–H groups in total. The lowest BCUT2D eigenvalue weighted by molar-refractivity contribution is -0.177. The Hall–Kier alpha value is -2.25. The summed E-state index contributed by atoms with van der Waals surface area (Å²) in [5, 5.41) is 16.7. The van der Waals surface area contributed by atoms with Gasteiger partial charge in [-0.1, -0.05) is 10.4 Å². The van der Waals surface area contributed by atoms with Gasteiger partial charge in [0.15, 0.2) is 0 Å². The molecule has 126 valence electrons. The van der Waals surface area contributed by atoms with Gasteiger partial charge in [-0.2, -0.15) is 0 Å². The van der Waals surface area contributed by atoms with Crippen LogP contribution in [0.3, 0.4) is 0 Å². The Labute approximate surface area is 139 Å². The summed E-state index contributed by atoms with van der Waals surface area (Å²) in [6, 6.07) is 0. The van der Waals surface area contributed by atoms with Crippen LogP contribution >= 0.6 is 0 Å². The quantitative estimate of drug-likeness (QED) is 0.831. The van der Waals surface area contributed by atoms with Crippen molar-refractivity contribution >= 4 is 5.91 Å².